The number of benzene rings is 2. The lowest BCUT2D eigenvalue weighted by Crippen LogP contribution is -2.57. The van der Waals surface area contributed by atoms with Crippen LogP contribution in [0.1, 0.15) is 36.0 Å². The predicted molar refractivity (Wildman–Crippen MR) is 119 cm³/mol. The van der Waals surface area contributed by atoms with Crippen LogP contribution in [-0.2, 0) is 20.9 Å². The summed E-state index contributed by atoms with van der Waals surface area (Å²) in [5, 5.41) is 3.08. The van der Waals surface area contributed by atoms with Crippen molar-refractivity contribution in [1.82, 2.24) is 4.90 Å². The van der Waals surface area contributed by atoms with Gasteiger partial charge in [-0.3, -0.25) is 9.69 Å². The van der Waals surface area contributed by atoms with E-state index in [1.54, 1.807) is 0 Å². The Balaban J connectivity index is 1.38. The molecule has 2 aromatic rings. The number of ether oxygens (including phenoxy) is 2. The first-order chi connectivity index (χ1) is 14.5. The van der Waals surface area contributed by atoms with Crippen molar-refractivity contribution in [3.05, 3.63) is 65.2 Å². The van der Waals surface area contributed by atoms with Gasteiger partial charge in [-0.05, 0) is 55.9 Å². The van der Waals surface area contributed by atoms with Crippen molar-refractivity contribution < 1.29 is 14.3 Å². The average Bonchev–Trinajstić information content (AvgIpc) is 3.21. The number of nitrogens with zero attached hydrogens (tertiary/aromatic N) is 1. The zero-order chi connectivity index (χ0) is 21.0. The highest BCUT2D eigenvalue weighted by atomic mass is 16.6. The van der Waals surface area contributed by atoms with Crippen LogP contribution < -0.4 is 5.32 Å². The first-order valence-corrected chi connectivity index (χ1v) is 10.9. The number of carbonyl (C=O) groups is 1. The van der Waals surface area contributed by atoms with E-state index < -0.39 is 0 Å². The smallest absolute Gasteiger partial charge is 0.238 e. The Hall–Kier alpha value is -2.21. The molecule has 2 heterocycles. The summed E-state index contributed by atoms with van der Waals surface area (Å²) >= 11 is 0. The largest absolute Gasteiger partial charge is 0.372 e. The normalized spacial score (nSPS) is 24.3. The fourth-order valence-corrected chi connectivity index (χ4v) is 4.55. The predicted octanol–water partition coefficient (Wildman–Crippen LogP) is 4.08. The number of likely N-dealkylation sites (tertiary alicyclic amines) is 1. The molecule has 1 spiro atoms. The van der Waals surface area contributed by atoms with E-state index in [1.165, 1.54) is 0 Å². The van der Waals surface area contributed by atoms with Crippen molar-refractivity contribution in [3.63, 3.8) is 0 Å². The molecule has 0 saturated carbocycles. The van der Waals surface area contributed by atoms with Crippen LogP contribution in [0.15, 0.2) is 48.5 Å². The minimum atomic E-state index is -0.200. The van der Waals surface area contributed by atoms with Gasteiger partial charge >= 0.3 is 0 Å². The maximum absolute atomic E-state index is 12.7. The van der Waals surface area contributed by atoms with Gasteiger partial charge in [0.1, 0.15) is 0 Å². The monoisotopic (exact) mass is 408 g/mol. The summed E-state index contributed by atoms with van der Waals surface area (Å²) in [7, 11) is 0. The fourth-order valence-electron chi connectivity index (χ4n) is 4.55. The van der Waals surface area contributed by atoms with E-state index in [2.05, 4.69) is 28.4 Å². The van der Waals surface area contributed by atoms with Gasteiger partial charge in [-0.15, -0.1) is 0 Å². The third-order valence-corrected chi connectivity index (χ3v) is 6.32. The van der Waals surface area contributed by atoms with Gasteiger partial charge in [0.15, 0.2) is 0 Å². The quantitative estimate of drug-likeness (QED) is 0.782. The van der Waals surface area contributed by atoms with Gasteiger partial charge in [-0.25, -0.2) is 0 Å². The summed E-state index contributed by atoms with van der Waals surface area (Å²) in [6.07, 6.45) is 3.00. The molecule has 160 valence electrons. The Bertz CT molecular complexity index is 862. The molecule has 5 nitrogen and oxygen atoms in total. The van der Waals surface area contributed by atoms with E-state index in [1.807, 2.05) is 44.2 Å². The van der Waals surface area contributed by atoms with E-state index in [-0.39, 0.29) is 17.6 Å². The van der Waals surface area contributed by atoms with Crippen LogP contribution >= 0.6 is 0 Å². The van der Waals surface area contributed by atoms with Crippen LogP contribution in [0.2, 0.25) is 0 Å². The molecule has 2 aromatic carbocycles. The average molecular weight is 409 g/mol. The molecule has 0 aliphatic carbocycles. The summed E-state index contributed by atoms with van der Waals surface area (Å²) in [6.45, 7) is 7.37. The number of piperidine rings is 1. The van der Waals surface area contributed by atoms with E-state index in [0.29, 0.717) is 19.7 Å². The number of nitrogens with one attached hydrogen (secondary N) is 1. The van der Waals surface area contributed by atoms with Crippen LogP contribution in [-0.4, -0.2) is 48.8 Å². The first kappa shape index (κ1) is 21.0. The van der Waals surface area contributed by atoms with Crippen molar-refractivity contribution in [1.29, 1.82) is 0 Å². The first-order valence-electron chi connectivity index (χ1n) is 10.9. The molecule has 30 heavy (non-hydrogen) atoms. The molecule has 5 heteroatoms. The van der Waals surface area contributed by atoms with Gasteiger partial charge < -0.3 is 14.8 Å². The minimum Gasteiger partial charge on any atom is -0.372 e. The Morgan fingerprint density at radius 1 is 1.20 bits per heavy atom. The molecule has 2 saturated heterocycles. The third kappa shape index (κ3) is 4.91. The second-order valence-corrected chi connectivity index (χ2v) is 8.65. The summed E-state index contributed by atoms with van der Waals surface area (Å²) in [5.41, 5.74) is 4.08. The van der Waals surface area contributed by atoms with E-state index in [9.17, 15) is 4.79 Å². The molecule has 2 aliphatic rings. The lowest BCUT2D eigenvalue weighted by Gasteiger charge is -2.44. The molecule has 2 atom stereocenters. The number of carbonyl (C=O) groups excluding carboxylic acids is 1. The molecular weight excluding hydrogens is 376 g/mol. The minimum absolute atomic E-state index is 0.0220. The maximum Gasteiger partial charge on any atom is 0.238 e. The summed E-state index contributed by atoms with van der Waals surface area (Å²) in [6, 6.07) is 16.4. The summed E-state index contributed by atoms with van der Waals surface area (Å²) < 4.78 is 12.6. The van der Waals surface area contributed by atoms with Crippen molar-refractivity contribution in [2.45, 2.75) is 51.4 Å². The molecule has 2 fully saturated rings. The third-order valence-electron chi connectivity index (χ3n) is 6.32. The molecule has 0 bridgehead atoms. The molecule has 0 radical (unpaired) electrons. The standard InChI is InChI=1S/C25H32N2O3/c1-19-9-10-20(2)22(15-19)26-24(28)17-27-13-12-25(11-6-14-30-25)23(16-27)29-18-21-7-4-3-5-8-21/h3-5,7-10,15,23H,6,11-14,16-18H2,1-2H3,(H,26,28)/t23-,25-/m1/s1. The molecule has 4 rings (SSSR count). The zero-order valence-electron chi connectivity index (χ0n) is 18.0. The molecule has 0 aromatic heterocycles. The Labute approximate surface area is 179 Å². The van der Waals surface area contributed by atoms with Crippen molar-refractivity contribution >= 4 is 11.6 Å². The number of rotatable bonds is 6. The van der Waals surface area contributed by atoms with Gasteiger partial charge in [-0.2, -0.15) is 0 Å². The Kier molecular flexibility index (Phi) is 6.52. The lowest BCUT2D eigenvalue weighted by atomic mass is 9.85. The Morgan fingerprint density at radius 2 is 2.03 bits per heavy atom. The van der Waals surface area contributed by atoms with Crippen LogP contribution in [0.4, 0.5) is 5.69 Å². The van der Waals surface area contributed by atoms with Crippen LogP contribution in [0.25, 0.3) is 0 Å². The number of aryl methyl sites for hydroxylation is 2. The highest BCUT2D eigenvalue weighted by molar-refractivity contribution is 5.93. The second kappa shape index (κ2) is 9.29. The van der Waals surface area contributed by atoms with Crippen LogP contribution in [0.5, 0.6) is 0 Å². The topological polar surface area (TPSA) is 50.8 Å². The maximum atomic E-state index is 12.7. The molecule has 2 aliphatic heterocycles. The fraction of sp³-hybridized carbons (Fsp3) is 0.480. The summed E-state index contributed by atoms with van der Waals surface area (Å²) in [4.78, 5) is 14.9. The van der Waals surface area contributed by atoms with Gasteiger partial charge in [0.2, 0.25) is 5.91 Å². The van der Waals surface area contributed by atoms with Gasteiger partial charge in [0.05, 0.1) is 24.9 Å². The molecular formula is C25H32N2O3. The van der Waals surface area contributed by atoms with Crippen molar-refractivity contribution in [3.8, 4) is 0 Å². The summed E-state index contributed by atoms with van der Waals surface area (Å²) in [5.74, 6) is 0.0220. The Morgan fingerprint density at radius 3 is 2.80 bits per heavy atom. The van der Waals surface area contributed by atoms with Gasteiger partial charge in [0.25, 0.3) is 0 Å². The van der Waals surface area contributed by atoms with E-state index >= 15 is 0 Å². The second-order valence-electron chi connectivity index (χ2n) is 8.65. The highest BCUT2D eigenvalue weighted by Gasteiger charge is 2.47. The number of amides is 1. The SMILES string of the molecule is Cc1ccc(C)c(NC(=O)CN2CC[C@]3(CCCO3)[C@H](OCc3ccccc3)C2)c1. The molecule has 0 unspecified atom stereocenters. The van der Waals surface area contributed by atoms with Crippen molar-refractivity contribution in [2.24, 2.45) is 0 Å². The highest BCUT2D eigenvalue weighted by Crippen LogP contribution is 2.38. The van der Waals surface area contributed by atoms with Gasteiger partial charge in [-0.1, -0.05) is 42.5 Å². The van der Waals surface area contributed by atoms with E-state index in [4.69, 9.17) is 9.47 Å². The van der Waals surface area contributed by atoms with Crippen molar-refractivity contribution in [2.75, 3.05) is 31.6 Å². The lowest BCUT2D eigenvalue weighted by molar-refractivity contribution is -0.159. The zero-order valence-corrected chi connectivity index (χ0v) is 18.0. The van der Waals surface area contributed by atoms with Crippen LogP contribution in [0, 0.1) is 13.8 Å². The molecule has 1 amide bonds. The number of anilines is 1. The van der Waals surface area contributed by atoms with Gasteiger partial charge in [0, 0.05) is 25.4 Å². The number of hydrogen-bond donors (Lipinski definition) is 1. The molecule has 1 N–H and O–H groups in total. The van der Waals surface area contributed by atoms with Crippen LogP contribution in [0.3, 0.4) is 0 Å². The van der Waals surface area contributed by atoms with E-state index in [0.717, 1.165) is 54.8 Å². The number of hydrogen-bond acceptors (Lipinski definition) is 4.